The molecule has 0 amide bonds. The molecule has 1 unspecified atom stereocenters. The molecule has 3 rings (SSSR count). The molecule has 1 aliphatic heterocycles. The Morgan fingerprint density at radius 2 is 1.85 bits per heavy atom. The van der Waals surface area contributed by atoms with E-state index in [4.69, 9.17) is 14.2 Å². The normalized spacial score (nSPS) is 27.1. The number of allylic oxidation sites excluding steroid dienone is 1. The molecule has 0 radical (unpaired) electrons. The third-order valence-corrected chi connectivity index (χ3v) is 8.08. The van der Waals surface area contributed by atoms with E-state index in [1.807, 2.05) is 6.92 Å². The van der Waals surface area contributed by atoms with Crippen LogP contribution in [-0.4, -0.2) is 55.4 Å². The number of carbonyl (C=O) groups excluding carboxylic acids is 1. The molecule has 5 nitrogen and oxygen atoms in total. The number of likely N-dealkylation sites (tertiary alicyclic amines) is 1. The van der Waals surface area contributed by atoms with Crippen LogP contribution in [0.3, 0.4) is 0 Å². The van der Waals surface area contributed by atoms with Gasteiger partial charge in [-0.15, -0.1) is 0 Å². The molecule has 1 aromatic carbocycles. The smallest absolute Gasteiger partial charge is 0.308 e. The highest BCUT2D eigenvalue weighted by Crippen LogP contribution is 2.40. The lowest BCUT2D eigenvalue weighted by Crippen LogP contribution is -2.54. The van der Waals surface area contributed by atoms with Gasteiger partial charge in [-0.05, 0) is 76.2 Å². The zero-order chi connectivity index (χ0) is 24.4. The third kappa shape index (κ3) is 7.39. The summed E-state index contributed by atoms with van der Waals surface area (Å²) in [6, 6.07) is 8.71. The number of halogens is 1. The van der Waals surface area contributed by atoms with E-state index >= 15 is 0 Å². The lowest BCUT2D eigenvalue weighted by atomic mass is 9.95. The van der Waals surface area contributed by atoms with Crippen molar-refractivity contribution in [3.05, 3.63) is 46.5 Å². The second-order valence-corrected chi connectivity index (χ2v) is 10.7. The van der Waals surface area contributed by atoms with Crippen molar-refractivity contribution in [1.82, 2.24) is 4.90 Å². The summed E-state index contributed by atoms with van der Waals surface area (Å²) in [6.07, 6.45) is 12.9. The van der Waals surface area contributed by atoms with Gasteiger partial charge in [0.05, 0.1) is 32.3 Å². The van der Waals surface area contributed by atoms with Gasteiger partial charge in [0.2, 0.25) is 0 Å². The van der Waals surface area contributed by atoms with Gasteiger partial charge in [-0.25, -0.2) is 0 Å². The summed E-state index contributed by atoms with van der Waals surface area (Å²) in [7, 11) is 1.45. The highest BCUT2D eigenvalue weighted by molar-refractivity contribution is 9.10. The molecule has 0 N–H and O–H groups in total. The van der Waals surface area contributed by atoms with Crippen molar-refractivity contribution >= 4 is 21.9 Å². The van der Waals surface area contributed by atoms with Gasteiger partial charge in [0.1, 0.15) is 5.60 Å². The van der Waals surface area contributed by atoms with Crippen LogP contribution in [0.25, 0.3) is 0 Å². The first-order valence-electron chi connectivity index (χ1n) is 12.9. The Balaban J connectivity index is 1.65. The lowest BCUT2D eigenvalue weighted by molar-refractivity contribution is -0.145. The van der Waals surface area contributed by atoms with Gasteiger partial charge < -0.3 is 14.2 Å². The minimum atomic E-state index is -0.365. The van der Waals surface area contributed by atoms with Crippen LogP contribution >= 0.6 is 15.9 Å². The fourth-order valence-electron chi connectivity index (χ4n) is 5.42. The second kappa shape index (κ2) is 13.8. The molecular formula is C28H42BrNO4. The zero-order valence-electron chi connectivity index (χ0n) is 21.1. The second-order valence-electron chi connectivity index (χ2n) is 9.80. The van der Waals surface area contributed by atoms with Crippen LogP contribution in [0.5, 0.6) is 0 Å². The highest BCUT2D eigenvalue weighted by Gasteiger charge is 2.50. The maximum absolute atomic E-state index is 11.9. The van der Waals surface area contributed by atoms with Gasteiger partial charge in [-0.1, -0.05) is 60.0 Å². The molecule has 1 saturated heterocycles. The molecule has 0 aromatic heterocycles. The van der Waals surface area contributed by atoms with Crippen molar-refractivity contribution in [3.8, 4) is 0 Å². The number of hydrogen-bond acceptors (Lipinski definition) is 5. The molecule has 2 aliphatic rings. The summed E-state index contributed by atoms with van der Waals surface area (Å²) in [5.41, 5.74) is 0.813. The Bertz CT molecular complexity index is 775. The van der Waals surface area contributed by atoms with Crippen molar-refractivity contribution in [3.63, 3.8) is 0 Å². The molecule has 0 bridgehead atoms. The van der Waals surface area contributed by atoms with Crippen LogP contribution in [0.2, 0.25) is 0 Å². The van der Waals surface area contributed by atoms with Gasteiger partial charge in [0.25, 0.3) is 0 Å². The molecule has 34 heavy (non-hydrogen) atoms. The average molecular weight is 537 g/mol. The Morgan fingerprint density at radius 1 is 1.15 bits per heavy atom. The van der Waals surface area contributed by atoms with Crippen LogP contribution in [-0.2, 0) is 25.6 Å². The lowest BCUT2D eigenvalue weighted by Gasteiger charge is -2.41. The highest BCUT2D eigenvalue weighted by atomic mass is 79.9. The number of ether oxygens (including phenoxy) is 3. The Kier molecular flexibility index (Phi) is 11.1. The van der Waals surface area contributed by atoms with Crippen LogP contribution in [0.4, 0.5) is 0 Å². The van der Waals surface area contributed by atoms with E-state index in [0.717, 1.165) is 36.8 Å². The first kappa shape index (κ1) is 27.4. The molecule has 1 saturated carbocycles. The van der Waals surface area contributed by atoms with E-state index in [-0.39, 0.29) is 23.6 Å². The standard InChI is InChI=1S/C28H42BrNO4/c1-4-23(27(31)32-3)11-7-10-20-34-28(2)25(30-18-8-5-6-9-19-30)16-17-26(28)33-21-22-12-14-24(29)15-13-22/h7,10,12-15,23,25-26H,4-6,8-9,11,16-21H2,1-3H3/t23?,25-,26+,28+/m1/s1. The molecule has 1 aliphatic carbocycles. The number of hydrogen-bond donors (Lipinski definition) is 0. The van der Waals surface area contributed by atoms with Gasteiger partial charge >= 0.3 is 5.97 Å². The van der Waals surface area contributed by atoms with Crippen molar-refractivity contribution in [2.45, 2.75) is 89.6 Å². The predicted molar refractivity (Wildman–Crippen MR) is 140 cm³/mol. The first-order chi connectivity index (χ1) is 16.5. The summed E-state index contributed by atoms with van der Waals surface area (Å²) in [5, 5.41) is 0. The Hall–Kier alpha value is -1.21. The molecular weight excluding hydrogens is 494 g/mol. The Labute approximate surface area is 214 Å². The predicted octanol–water partition coefficient (Wildman–Crippen LogP) is 6.29. The first-order valence-corrected chi connectivity index (χ1v) is 13.7. The van der Waals surface area contributed by atoms with E-state index in [1.165, 1.54) is 38.4 Å². The molecule has 1 heterocycles. The van der Waals surface area contributed by atoms with Gasteiger partial charge in [0.15, 0.2) is 0 Å². The molecule has 1 aromatic rings. The minimum absolute atomic E-state index is 0.0521. The van der Waals surface area contributed by atoms with Crippen molar-refractivity contribution in [2.75, 3.05) is 26.8 Å². The van der Waals surface area contributed by atoms with E-state index in [0.29, 0.717) is 25.7 Å². The molecule has 190 valence electrons. The zero-order valence-corrected chi connectivity index (χ0v) is 22.7. The number of methoxy groups -OCH3 is 1. The van der Waals surface area contributed by atoms with Crippen molar-refractivity contribution in [1.29, 1.82) is 0 Å². The van der Waals surface area contributed by atoms with E-state index < -0.39 is 0 Å². The van der Waals surface area contributed by atoms with E-state index in [2.05, 4.69) is 64.2 Å². The largest absolute Gasteiger partial charge is 0.469 e. The fourth-order valence-corrected chi connectivity index (χ4v) is 5.68. The van der Waals surface area contributed by atoms with Crippen molar-refractivity contribution < 1.29 is 19.0 Å². The number of esters is 1. The maximum atomic E-state index is 11.9. The van der Waals surface area contributed by atoms with Crippen LogP contribution < -0.4 is 0 Å². The van der Waals surface area contributed by atoms with Crippen LogP contribution in [0.1, 0.15) is 70.8 Å². The average Bonchev–Trinajstić information content (AvgIpc) is 3.00. The molecule has 4 atom stereocenters. The Morgan fingerprint density at radius 3 is 2.50 bits per heavy atom. The molecule has 2 fully saturated rings. The summed E-state index contributed by atoms with van der Waals surface area (Å²) in [5.74, 6) is -0.228. The van der Waals surface area contributed by atoms with Crippen molar-refractivity contribution in [2.24, 2.45) is 5.92 Å². The minimum Gasteiger partial charge on any atom is -0.469 e. The number of rotatable bonds is 11. The van der Waals surface area contributed by atoms with E-state index in [9.17, 15) is 4.79 Å². The summed E-state index contributed by atoms with van der Waals surface area (Å²) in [6.45, 7) is 7.68. The van der Waals surface area contributed by atoms with Gasteiger partial charge in [-0.2, -0.15) is 0 Å². The number of benzene rings is 1. The maximum Gasteiger partial charge on any atom is 0.308 e. The SMILES string of the molecule is CCC(CC=CCO[C@]1(C)[C@@H](OCc2ccc(Br)cc2)CC[C@H]1N1CCCCCC1)C(=O)OC. The number of nitrogens with zero attached hydrogens (tertiary/aromatic N) is 1. The van der Waals surface area contributed by atoms with E-state index in [1.54, 1.807) is 0 Å². The summed E-state index contributed by atoms with van der Waals surface area (Å²) < 4.78 is 19.1. The summed E-state index contributed by atoms with van der Waals surface area (Å²) >= 11 is 3.51. The molecule has 0 spiro atoms. The van der Waals surface area contributed by atoms with Gasteiger partial charge in [-0.3, -0.25) is 9.69 Å². The molecule has 6 heteroatoms. The fraction of sp³-hybridized carbons (Fsp3) is 0.679. The van der Waals surface area contributed by atoms with Crippen LogP contribution in [0.15, 0.2) is 40.9 Å². The van der Waals surface area contributed by atoms with Crippen LogP contribution in [0, 0.1) is 5.92 Å². The monoisotopic (exact) mass is 535 g/mol. The third-order valence-electron chi connectivity index (χ3n) is 7.55. The van der Waals surface area contributed by atoms with Gasteiger partial charge in [0, 0.05) is 10.5 Å². The quantitative estimate of drug-likeness (QED) is 0.246. The number of carbonyl (C=O) groups is 1. The summed E-state index contributed by atoms with van der Waals surface area (Å²) in [4.78, 5) is 14.5. The topological polar surface area (TPSA) is 48.0 Å².